The molecule has 7 nitrogen and oxygen atoms in total. The molecule has 150 valence electrons. The highest BCUT2D eigenvalue weighted by molar-refractivity contribution is 5.52. The highest BCUT2D eigenvalue weighted by atomic mass is 16.1. The number of piperazine rings is 1. The molecule has 2 aromatic heterocycles. The van der Waals surface area contributed by atoms with E-state index in [0.29, 0.717) is 24.0 Å². The molecule has 3 aromatic rings. The van der Waals surface area contributed by atoms with E-state index in [9.17, 15) is 4.79 Å². The van der Waals surface area contributed by atoms with Gasteiger partial charge in [0.1, 0.15) is 12.2 Å². The van der Waals surface area contributed by atoms with Crippen LogP contribution in [0.3, 0.4) is 0 Å². The maximum absolute atomic E-state index is 12.5. The Kier molecular flexibility index (Phi) is 5.40. The lowest BCUT2D eigenvalue weighted by atomic mass is 10.1. The Balaban J connectivity index is 1.52. The van der Waals surface area contributed by atoms with Crippen LogP contribution in [0.1, 0.15) is 18.3 Å². The number of aromatic nitrogens is 4. The van der Waals surface area contributed by atoms with Gasteiger partial charge in [-0.1, -0.05) is 17.7 Å². The summed E-state index contributed by atoms with van der Waals surface area (Å²) in [6.07, 6.45) is 3.13. The summed E-state index contributed by atoms with van der Waals surface area (Å²) in [5, 5.41) is 0. The zero-order valence-electron chi connectivity index (χ0n) is 17.1. The summed E-state index contributed by atoms with van der Waals surface area (Å²) in [6.45, 7) is 7.79. The van der Waals surface area contributed by atoms with Gasteiger partial charge in [-0.15, -0.1) is 0 Å². The van der Waals surface area contributed by atoms with Crippen molar-refractivity contribution in [1.82, 2.24) is 24.4 Å². The number of rotatable bonds is 4. The van der Waals surface area contributed by atoms with Crippen LogP contribution in [0.2, 0.25) is 0 Å². The molecule has 1 aliphatic rings. The zero-order valence-corrected chi connectivity index (χ0v) is 17.1. The molecule has 0 N–H and O–H groups in total. The molecule has 1 saturated heterocycles. The Morgan fingerprint density at radius 3 is 2.59 bits per heavy atom. The average molecular weight is 390 g/mol. The van der Waals surface area contributed by atoms with Crippen molar-refractivity contribution >= 4 is 5.69 Å². The van der Waals surface area contributed by atoms with Gasteiger partial charge in [0.05, 0.1) is 17.9 Å². The quantitative estimate of drug-likeness (QED) is 0.681. The molecule has 29 heavy (non-hydrogen) atoms. The van der Waals surface area contributed by atoms with Crippen molar-refractivity contribution in [2.24, 2.45) is 7.05 Å². The Morgan fingerprint density at radius 1 is 1.10 bits per heavy atom. The second kappa shape index (κ2) is 8.13. The van der Waals surface area contributed by atoms with Crippen molar-refractivity contribution < 1.29 is 0 Å². The molecule has 1 unspecified atom stereocenters. The van der Waals surface area contributed by atoms with Crippen LogP contribution in [0, 0.1) is 6.92 Å². The second-order valence-corrected chi connectivity index (χ2v) is 7.65. The summed E-state index contributed by atoms with van der Waals surface area (Å²) >= 11 is 0. The Morgan fingerprint density at radius 2 is 1.90 bits per heavy atom. The molecule has 7 heteroatoms. The van der Waals surface area contributed by atoms with Crippen molar-refractivity contribution in [2.45, 2.75) is 26.4 Å². The normalized spacial score (nSPS) is 17.5. The molecule has 0 amide bonds. The fraction of sp³-hybridized carbons (Fsp3) is 0.364. The van der Waals surface area contributed by atoms with Crippen LogP contribution < -0.4 is 10.5 Å². The van der Waals surface area contributed by atoms with Gasteiger partial charge in [-0.05, 0) is 32.0 Å². The molecular formula is C22H26N6O. The number of hydrogen-bond acceptors (Lipinski definition) is 6. The Hall–Kier alpha value is -3.06. The SMILES string of the molecule is Cc1ccc(N2CCN(Cc3nc(-c4ccncn4)cc(=O)n3C)C(C)C2)cc1. The highest BCUT2D eigenvalue weighted by Gasteiger charge is 2.25. The zero-order chi connectivity index (χ0) is 20.4. The van der Waals surface area contributed by atoms with Gasteiger partial charge < -0.3 is 4.90 Å². The van der Waals surface area contributed by atoms with Crippen molar-refractivity contribution in [3.63, 3.8) is 0 Å². The summed E-state index contributed by atoms with van der Waals surface area (Å²) < 4.78 is 1.63. The highest BCUT2D eigenvalue weighted by Crippen LogP contribution is 2.21. The van der Waals surface area contributed by atoms with Gasteiger partial charge in [-0.3, -0.25) is 14.3 Å². The van der Waals surface area contributed by atoms with E-state index < -0.39 is 0 Å². The first-order valence-electron chi connectivity index (χ1n) is 9.90. The molecule has 1 atom stereocenters. The number of anilines is 1. The van der Waals surface area contributed by atoms with Gasteiger partial charge in [0, 0.05) is 50.7 Å². The second-order valence-electron chi connectivity index (χ2n) is 7.65. The molecule has 0 radical (unpaired) electrons. The number of nitrogens with zero attached hydrogens (tertiary/aromatic N) is 6. The van der Waals surface area contributed by atoms with Crippen LogP contribution in [-0.2, 0) is 13.6 Å². The Labute approximate surface area is 170 Å². The monoisotopic (exact) mass is 390 g/mol. The summed E-state index contributed by atoms with van der Waals surface area (Å²) in [5.74, 6) is 0.752. The summed E-state index contributed by atoms with van der Waals surface area (Å²) in [4.78, 5) is 30.2. The van der Waals surface area contributed by atoms with Gasteiger partial charge in [-0.2, -0.15) is 0 Å². The van der Waals surface area contributed by atoms with Gasteiger partial charge in [0.2, 0.25) is 0 Å². The fourth-order valence-corrected chi connectivity index (χ4v) is 3.70. The minimum atomic E-state index is -0.0745. The predicted octanol–water partition coefficient (Wildman–Crippen LogP) is 2.26. The van der Waals surface area contributed by atoms with E-state index in [1.807, 2.05) is 0 Å². The third-order valence-electron chi connectivity index (χ3n) is 5.58. The molecule has 1 aliphatic heterocycles. The van der Waals surface area contributed by atoms with Crippen molar-refractivity contribution in [1.29, 1.82) is 0 Å². The van der Waals surface area contributed by atoms with Gasteiger partial charge in [0.25, 0.3) is 5.56 Å². The lowest BCUT2D eigenvalue weighted by molar-refractivity contribution is 0.174. The first kappa shape index (κ1) is 19.3. The molecule has 0 aliphatic carbocycles. The predicted molar refractivity (Wildman–Crippen MR) is 114 cm³/mol. The van der Waals surface area contributed by atoms with Crippen molar-refractivity contribution in [3.8, 4) is 11.4 Å². The van der Waals surface area contributed by atoms with Gasteiger partial charge >= 0.3 is 0 Å². The maximum atomic E-state index is 12.5. The third kappa shape index (κ3) is 4.19. The van der Waals surface area contributed by atoms with Crippen LogP contribution in [0.4, 0.5) is 5.69 Å². The summed E-state index contributed by atoms with van der Waals surface area (Å²) in [7, 11) is 1.78. The first-order chi connectivity index (χ1) is 14.0. The van der Waals surface area contributed by atoms with Crippen molar-refractivity contribution in [2.75, 3.05) is 24.5 Å². The molecule has 0 spiro atoms. The molecule has 0 saturated carbocycles. The fourth-order valence-electron chi connectivity index (χ4n) is 3.70. The van der Waals surface area contributed by atoms with E-state index in [4.69, 9.17) is 4.98 Å². The topological polar surface area (TPSA) is 67.2 Å². The van der Waals surface area contributed by atoms with Crippen LogP contribution in [0.15, 0.2) is 53.7 Å². The van der Waals surface area contributed by atoms with E-state index in [2.05, 4.69) is 57.9 Å². The van der Waals surface area contributed by atoms with Crippen LogP contribution in [0.25, 0.3) is 11.4 Å². The first-order valence-corrected chi connectivity index (χ1v) is 9.90. The Bertz CT molecular complexity index is 1030. The molecule has 4 rings (SSSR count). The summed E-state index contributed by atoms with van der Waals surface area (Å²) in [5.41, 5.74) is 3.72. The summed E-state index contributed by atoms with van der Waals surface area (Å²) in [6, 6.07) is 12.3. The van der Waals surface area contributed by atoms with E-state index in [1.54, 1.807) is 23.9 Å². The molecular weight excluding hydrogens is 364 g/mol. The molecule has 0 bridgehead atoms. The van der Waals surface area contributed by atoms with Crippen LogP contribution in [0.5, 0.6) is 0 Å². The standard InChI is InChI=1S/C22H26N6O/c1-16-4-6-18(7-5-16)28-11-10-27(17(2)13-28)14-21-25-20(12-22(29)26(21)3)19-8-9-23-15-24-19/h4-9,12,15,17H,10-11,13-14H2,1-3H3. The van der Waals surface area contributed by atoms with Crippen molar-refractivity contribution in [3.05, 3.63) is 70.7 Å². The van der Waals surface area contributed by atoms with Gasteiger partial charge in [-0.25, -0.2) is 15.0 Å². The largest absolute Gasteiger partial charge is 0.369 e. The number of benzene rings is 1. The lowest BCUT2D eigenvalue weighted by Crippen LogP contribution is -2.52. The molecule has 3 heterocycles. The molecule has 1 aromatic carbocycles. The smallest absolute Gasteiger partial charge is 0.253 e. The van der Waals surface area contributed by atoms with Crippen LogP contribution in [-0.4, -0.2) is 50.1 Å². The number of hydrogen-bond donors (Lipinski definition) is 0. The average Bonchev–Trinajstić information content (AvgIpc) is 2.73. The van der Waals surface area contributed by atoms with Crippen LogP contribution >= 0.6 is 0 Å². The lowest BCUT2D eigenvalue weighted by Gasteiger charge is -2.41. The van der Waals surface area contributed by atoms with E-state index in [0.717, 1.165) is 25.5 Å². The van der Waals surface area contributed by atoms with Gasteiger partial charge in [0.15, 0.2) is 0 Å². The van der Waals surface area contributed by atoms with E-state index >= 15 is 0 Å². The minimum Gasteiger partial charge on any atom is -0.369 e. The minimum absolute atomic E-state index is 0.0745. The maximum Gasteiger partial charge on any atom is 0.253 e. The van der Waals surface area contributed by atoms with E-state index in [-0.39, 0.29) is 5.56 Å². The van der Waals surface area contributed by atoms with E-state index in [1.165, 1.54) is 23.6 Å². The number of aryl methyl sites for hydroxylation is 1. The molecule has 1 fully saturated rings. The third-order valence-corrected chi connectivity index (χ3v) is 5.58.